The molecule has 0 amide bonds. The van der Waals surface area contributed by atoms with E-state index in [0.717, 1.165) is 6.07 Å². The monoisotopic (exact) mass is 316 g/mol. The highest BCUT2D eigenvalue weighted by atomic mass is 79.9. The highest BCUT2D eigenvalue weighted by Gasteiger charge is 2.18. The van der Waals surface area contributed by atoms with Gasteiger partial charge in [0.2, 0.25) is 5.78 Å². The lowest BCUT2D eigenvalue weighted by atomic mass is 10.1. The molecule has 0 bridgehead atoms. The summed E-state index contributed by atoms with van der Waals surface area (Å²) < 4.78 is 19.2. The number of furan rings is 1. The van der Waals surface area contributed by atoms with Gasteiger partial charge >= 0.3 is 0 Å². The minimum atomic E-state index is -0.639. The van der Waals surface area contributed by atoms with Crippen LogP contribution in [0, 0.1) is 12.7 Å². The maximum atomic E-state index is 13.6. The van der Waals surface area contributed by atoms with E-state index in [1.54, 1.807) is 13.0 Å². The summed E-state index contributed by atoms with van der Waals surface area (Å²) in [6.45, 7) is 1.71. The number of rotatable bonds is 2. The van der Waals surface area contributed by atoms with Crippen LogP contribution in [-0.4, -0.2) is 5.78 Å². The minimum absolute atomic E-state index is 0.0970. The molecular formula is C12H7BrClFO2. The number of hydrogen-bond donors (Lipinski definition) is 0. The zero-order chi connectivity index (χ0) is 12.6. The van der Waals surface area contributed by atoms with E-state index in [1.807, 2.05) is 0 Å². The van der Waals surface area contributed by atoms with Gasteiger partial charge in [-0.1, -0.05) is 11.6 Å². The van der Waals surface area contributed by atoms with E-state index in [0.29, 0.717) is 10.2 Å². The Labute approximate surface area is 111 Å². The van der Waals surface area contributed by atoms with Crippen LogP contribution >= 0.6 is 27.5 Å². The molecule has 2 aromatic rings. The maximum Gasteiger partial charge on any atom is 0.231 e. The first kappa shape index (κ1) is 12.3. The van der Waals surface area contributed by atoms with E-state index in [4.69, 9.17) is 16.0 Å². The van der Waals surface area contributed by atoms with Gasteiger partial charge < -0.3 is 4.42 Å². The van der Waals surface area contributed by atoms with E-state index < -0.39 is 11.6 Å². The SMILES string of the molecule is Cc1ccc(C(=O)c2cc(Cl)c(Br)cc2F)o1. The van der Waals surface area contributed by atoms with Crippen LogP contribution in [0.25, 0.3) is 0 Å². The van der Waals surface area contributed by atoms with Crippen LogP contribution in [0.1, 0.15) is 21.9 Å². The molecule has 0 atom stereocenters. The van der Waals surface area contributed by atoms with Crippen molar-refractivity contribution in [3.8, 4) is 0 Å². The number of hydrogen-bond acceptors (Lipinski definition) is 2. The average Bonchev–Trinajstić information content (AvgIpc) is 2.69. The Kier molecular flexibility index (Phi) is 3.35. The molecule has 0 N–H and O–H groups in total. The Morgan fingerprint density at radius 1 is 1.41 bits per heavy atom. The second-order valence-electron chi connectivity index (χ2n) is 3.49. The third-order valence-corrected chi connectivity index (χ3v) is 3.42. The normalized spacial score (nSPS) is 10.6. The molecule has 2 rings (SSSR count). The number of benzene rings is 1. The summed E-state index contributed by atoms with van der Waals surface area (Å²) in [5, 5.41) is 0.276. The van der Waals surface area contributed by atoms with Crippen molar-refractivity contribution in [2.45, 2.75) is 6.92 Å². The summed E-state index contributed by atoms with van der Waals surface area (Å²) in [6.07, 6.45) is 0. The summed E-state index contributed by atoms with van der Waals surface area (Å²) in [5.41, 5.74) is -0.104. The molecule has 1 aromatic heterocycles. The molecule has 0 radical (unpaired) electrons. The van der Waals surface area contributed by atoms with Crippen molar-refractivity contribution in [3.05, 3.63) is 56.7 Å². The lowest BCUT2D eigenvalue weighted by Crippen LogP contribution is -2.03. The van der Waals surface area contributed by atoms with Gasteiger partial charge in [0.25, 0.3) is 0 Å². The zero-order valence-corrected chi connectivity index (χ0v) is 11.1. The van der Waals surface area contributed by atoms with Crippen LogP contribution in [0.2, 0.25) is 5.02 Å². The number of carbonyl (C=O) groups is 1. The van der Waals surface area contributed by atoms with E-state index in [2.05, 4.69) is 15.9 Å². The average molecular weight is 318 g/mol. The number of carbonyl (C=O) groups excluding carboxylic acids is 1. The van der Waals surface area contributed by atoms with Crippen molar-refractivity contribution >= 4 is 33.3 Å². The van der Waals surface area contributed by atoms with Crippen molar-refractivity contribution < 1.29 is 13.6 Å². The third-order valence-electron chi connectivity index (χ3n) is 2.22. The van der Waals surface area contributed by atoms with Crippen molar-refractivity contribution in [2.75, 3.05) is 0 Å². The van der Waals surface area contributed by atoms with E-state index in [9.17, 15) is 9.18 Å². The first-order valence-corrected chi connectivity index (χ1v) is 5.92. The lowest BCUT2D eigenvalue weighted by molar-refractivity contribution is 0.100. The molecule has 0 aliphatic rings. The van der Waals surface area contributed by atoms with Crippen LogP contribution in [0.4, 0.5) is 4.39 Å². The minimum Gasteiger partial charge on any atom is -0.458 e. The molecule has 0 fully saturated rings. The number of aryl methyl sites for hydroxylation is 1. The smallest absolute Gasteiger partial charge is 0.231 e. The van der Waals surface area contributed by atoms with Crippen molar-refractivity contribution in [3.63, 3.8) is 0 Å². The predicted molar refractivity (Wildman–Crippen MR) is 66.0 cm³/mol. The Morgan fingerprint density at radius 3 is 2.71 bits per heavy atom. The van der Waals surface area contributed by atoms with Crippen LogP contribution in [0.15, 0.2) is 33.2 Å². The van der Waals surface area contributed by atoms with Gasteiger partial charge in [0, 0.05) is 4.47 Å². The van der Waals surface area contributed by atoms with Crippen molar-refractivity contribution in [2.24, 2.45) is 0 Å². The Bertz CT molecular complexity index is 592. The van der Waals surface area contributed by atoms with Gasteiger partial charge in [0.15, 0.2) is 5.76 Å². The Balaban J connectivity index is 2.47. The molecule has 0 spiro atoms. The topological polar surface area (TPSA) is 30.2 Å². The molecule has 88 valence electrons. The van der Waals surface area contributed by atoms with Crippen LogP contribution in [0.5, 0.6) is 0 Å². The highest BCUT2D eigenvalue weighted by Crippen LogP contribution is 2.27. The van der Waals surface area contributed by atoms with Gasteiger partial charge in [-0.25, -0.2) is 4.39 Å². The van der Waals surface area contributed by atoms with Crippen LogP contribution in [-0.2, 0) is 0 Å². The predicted octanol–water partition coefficient (Wildman–Crippen LogP) is 4.37. The van der Waals surface area contributed by atoms with Crippen LogP contribution in [0.3, 0.4) is 0 Å². The number of halogens is 3. The summed E-state index contributed by atoms with van der Waals surface area (Å²) >= 11 is 8.91. The molecule has 1 aromatic carbocycles. The zero-order valence-electron chi connectivity index (χ0n) is 8.76. The highest BCUT2D eigenvalue weighted by molar-refractivity contribution is 9.10. The fourth-order valence-corrected chi connectivity index (χ4v) is 1.86. The molecule has 0 aliphatic carbocycles. The first-order chi connectivity index (χ1) is 7.99. The van der Waals surface area contributed by atoms with E-state index in [-0.39, 0.29) is 16.3 Å². The second kappa shape index (κ2) is 4.63. The molecular weight excluding hydrogens is 310 g/mol. The molecule has 0 saturated carbocycles. The molecule has 0 aliphatic heterocycles. The summed E-state index contributed by atoms with van der Waals surface area (Å²) in [4.78, 5) is 11.9. The molecule has 0 unspecified atom stereocenters. The maximum absolute atomic E-state index is 13.6. The molecule has 5 heteroatoms. The van der Waals surface area contributed by atoms with E-state index >= 15 is 0 Å². The largest absolute Gasteiger partial charge is 0.458 e. The summed E-state index contributed by atoms with van der Waals surface area (Å²) in [7, 11) is 0. The van der Waals surface area contributed by atoms with Crippen molar-refractivity contribution in [1.29, 1.82) is 0 Å². The lowest BCUT2D eigenvalue weighted by Gasteiger charge is -2.02. The van der Waals surface area contributed by atoms with Gasteiger partial charge in [-0.2, -0.15) is 0 Å². The number of ketones is 1. The Morgan fingerprint density at radius 2 is 2.12 bits per heavy atom. The van der Waals surface area contributed by atoms with Gasteiger partial charge in [-0.05, 0) is 47.1 Å². The van der Waals surface area contributed by atoms with Gasteiger partial charge in [-0.15, -0.1) is 0 Å². The molecule has 2 nitrogen and oxygen atoms in total. The van der Waals surface area contributed by atoms with Gasteiger partial charge in [-0.3, -0.25) is 4.79 Å². The molecule has 0 saturated heterocycles. The van der Waals surface area contributed by atoms with Crippen LogP contribution < -0.4 is 0 Å². The Hall–Kier alpha value is -1.13. The fourth-order valence-electron chi connectivity index (χ4n) is 1.39. The molecule has 17 heavy (non-hydrogen) atoms. The van der Waals surface area contributed by atoms with Gasteiger partial charge in [0.1, 0.15) is 11.6 Å². The quantitative estimate of drug-likeness (QED) is 0.608. The standard InChI is InChI=1S/C12H7BrClFO2/c1-6-2-3-11(17-6)12(16)7-4-9(14)8(13)5-10(7)15/h2-5H,1H3. The van der Waals surface area contributed by atoms with E-state index in [1.165, 1.54) is 12.1 Å². The first-order valence-electron chi connectivity index (χ1n) is 4.74. The summed E-state index contributed by atoms with van der Waals surface area (Å²) in [6, 6.07) is 5.59. The summed E-state index contributed by atoms with van der Waals surface area (Å²) in [5.74, 6) is -0.470. The third kappa shape index (κ3) is 2.42. The molecule has 1 heterocycles. The van der Waals surface area contributed by atoms with Gasteiger partial charge in [0.05, 0.1) is 10.6 Å². The second-order valence-corrected chi connectivity index (χ2v) is 4.75. The van der Waals surface area contributed by atoms with Crippen molar-refractivity contribution in [1.82, 2.24) is 0 Å². The fraction of sp³-hybridized carbons (Fsp3) is 0.0833.